The van der Waals surface area contributed by atoms with Crippen molar-refractivity contribution in [2.45, 2.75) is 26.8 Å². The Morgan fingerprint density at radius 2 is 2.19 bits per heavy atom. The third-order valence-electron chi connectivity index (χ3n) is 2.93. The van der Waals surface area contributed by atoms with Gasteiger partial charge in [0.05, 0.1) is 6.20 Å². The summed E-state index contributed by atoms with van der Waals surface area (Å²) in [4.78, 5) is 2.31. The minimum atomic E-state index is 0.239. The molecule has 0 fully saturated rings. The Bertz CT molecular complexity index is 317. The van der Waals surface area contributed by atoms with Gasteiger partial charge in [-0.25, -0.2) is 0 Å². The number of rotatable bonds is 6. The molecule has 0 amide bonds. The van der Waals surface area contributed by atoms with Gasteiger partial charge in [0.25, 0.3) is 0 Å². The van der Waals surface area contributed by atoms with Crippen molar-refractivity contribution in [1.29, 1.82) is 0 Å². The second-order valence-corrected chi connectivity index (χ2v) is 5.38. The molecule has 0 saturated carbocycles. The van der Waals surface area contributed by atoms with E-state index < -0.39 is 0 Å². The Kier molecular flexibility index (Phi) is 4.50. The fraction of sp³-hybridized carbons (Fsp3) is 0.750. The summed E-state index contributed by atoms with van der Waals surface area (Å²) in [6, 6.07) is 0. The number of aromatic nitrogens is 2. The number of hydrogen-bond donors (Lipinski definition) is 1. The molecular weight excluding hydrogens is 200 g/mol. The molecule has 0 aliphatic heterocycles. The van der Waals surface area contributed by atoms with Crippen molar-refractivity contribution in [2.75, 3.05) is 20.1 Å². The topological polar surface area (TPSA) is 47.1 Å². The molecule has 0 unspecified atom stereocenters. The van der Waals surface area contributed by atoms with E-state index in [1.54, 1.807) is 0 Å². The van der Waals surface area contributed by atoms with Crippen LogP contribution in [-0.2, 0) is 13.6 Å². The Hall–Kier alpha value is -0.870. The van der Waals surface area contributed by atoms with Gasteiger partial charge in [-0.15, -0.1) is 0 Å². The van der Waals surface area contributed by atoms with Crippen molar-refractivity contribution < 1.29 is 0 Å². The van der Waals surface area contributed by atoms with Crippen molar-refractivity contribution in [1.82, 2.24) is 14.7 Å². The summed E-state index contributed by atoms with van der Waals surface area (Å²) in [7, 11) is 4.08. The molecule has 0 bridgehead atoms. The van der Waals surface area contributed by atoms with Crippen LogP contribution < -0.4 is 5.73 Å². The fourth-order valence-electron chi connectivity index (χ4n) is 1.54. The fourth-order valence-corrected chi connectivity index (χ4v) is 1.54. The zero-order valence-corrected chi connectivity index (χ0v) is 10.9. The molecule has 16 heavy (non-hydrogen) atoms. The normalized spacial score (nSPS) is 12.4. The van der Waals surface area contributed by atoms with E-state index in [9.17, 15) is 0 Å². The predicted octanol–water partition coefficient (Wildman–Crippen LogP) is 1.23. The Morgan fingerprint density at radius 1 is 1.50 bits per heavy atom. The van der Waals surface area contributed by atoms with E-state index in [0.29, 0.717) is 0 Å². The van der Waals surface area contributed by atoms with Gasteiger partial charge < -0.3 is 10.6 Å². The lowest BCUT2D eigenvalue weighted by Gasteiger charge is -2.25. The van der Waals surface area contributed by atoms with Gasteiger partial charge >= 0.3 is 0 Å². The van der Waals surface area contributed by atoms with Crippen LogP contribution in [0.1, 0.15) is 25.8 Å². The minimum absolute atomic E-state index is 0.239. The maximum Gasteiger partial charge on any atom is 0.0534 e. The monoisotopic (exact) mass is 224 g/mol. The molecule has 0 radical (unpaired) electrons. The summed E-state index contributed by atoms with van der Waals surface area (Å²) in [5.41, 5.74) is 7.22. The lowest BCUT2D eigenvalue weighted by Crippen LogP contribution is -2.29. The van der Waals surface area contributed by atoms with Crippen LogP contribution in [0.2, 0.25) is 0 Å². The quantitative estimate of drug-likeness (QED) is 0.790. The molecule has 1 aromatic rings. The molecule has 92 valence electrons. The second kappa shape index (κ2) is 5.46. The summed E-state index contributed by atoms with van der Waals surface area (Å²) < 4.78 is 1.84. The number of nitrogens with zero attached hydrogens (tertiary/aromatic N) is 3. The first kappa shape index (κ1) is 13.2. The van der Waals surface area contributed by atoms with Gasteiger partial charge in [0, 0.05) is 25.4 Å². The van der Waals surface area contributed by atoms with Gasteiger partial charge in [0.1, 0.15) is 0 Å². The summed E-state index contributed by atoms with van der Waals surface area (Å²) in [5.74, 6) is 0. The highest BCUT2D eigenvalue weighted by atomic mass is 15.2. The van der Waals surface area contributed by atoms with Crippen LogP contribution in [0, 0.1) is 5.41 Å². The Labute approximate surface area is 98.4 Å². The summed E-state index contributed by atoms with van der Waals surface area (Å²) >= 11 is 0. The van der Waals surface area contributed by atoms with Crippen molar-refractivity contribution in [2.24, 2.45) is 18.2 Å². The lowest BCUT2D eigenvalue weighted by molar-refractivity contribution is 0.249. The minimum Gasteiger partial charge on any atom is -0.330 e. The van der Waals surface area contributed by atoms with E-state index >= 15 is 0 Å². The van der Waals surface area contributed by atoms with Crippen LogP contribution in [0.4, 0.5) is 0 Å². The SMILES string of the molecule is CN(CCC(C)(C)CN)Cc1cnn(C)c1. The van der Waals surface area contributed by atoms with E-state index in [1.807, 2.05) is 17.9 Å². The van der Waals surface area contributed by atoms with Gasteiger partial charge in [0.15, 0.2) is 0 Å². The molecule has 0 spiro atoms. The molecule has 0 saturated heterocycles. The highest BCUT2D eigenvalue weighted by molar-refractivity contribution is 5.02. The van der Waals surface area contributed by atoms with Gasteiger partial charge in [0.2, 0.25) is 0 Å². The van der Waals surface area contributed by atoms with Crippen LogP contribution >= 0.6 is 0 Å². The maximum absolute atomic E-state index is 5.72. The molecular formula is C12H24N4. The van der Waals surface area contributed by atoms with Gasteiger partial charge in [-0.05, 0) is 32.0 Å². The zero-order valence-electron chi connectivity index (χ0n) is 10.9. The van der Waals surface area contributed by atoms with Gasteiger partial charge in [-0.2, -0.15) is 5.10 Å². The van der Waals surface area contributed by atoms with Crippen LogP contribution in [0.15, 0.2) is 12.4 Å². The smallest absolute Gasteiger partial charge is 0.0534 e. The zero-order chi connectivity index (χ0) is 12.2. The highest BCUT2D eigenvalue weighted by Gasteiger charge is 2.16. The second-order valence-electron chi connectivity index (χ2n) is 5.38. The third-order valence-corrected chi connectivity index (χ3v) is 2.93. The molecule has 1 aromatic heterocycles. The average Bonchev–Trinajstić information content (AvgIpc) is 2.61. The largest absolute Gasteiger partial charge is 0.330 e. The highest BCUT2D eigenvalue weighted by Crippen LogP contribution is 2.18. The summed E-state index contributed by atoms with van der Waals surface area (Å²) in [6.45, 7) is 7.19. The summed E-state index contributed by atoms with van der Waals surface area (Å²) in [6.07, 6.45) is 5.11. The molecule has 4 heteroatoms. The van der Waals surface area contributed by atoms with E-state index in [-0.39, 0.29) is 5.41 Å². The lowest BCUT2D eigenvalue weighted by atomic mass is 9.89. The molecule has 1 heterocycles. The molecule has 4 nitrogen and oxygen atoms in total. The maximum atomic E-state index is 5.72. The third kappa shape index (κ3) is 4.33. The Morgan fingerprint density at radius 3 is 2.69 bits per heavy atom. The van der Waals surface area contributed by atoms with Crippen LogP contribution in [-0.4, -0.2) is 34.8 Å². The van der Waals surface area contributed by atoms with Gasteiger partial charge in [-0.3, -0.25) is 4.68 Å². The first-order valence-corrected chi connectivity index (χ1v) is 5.79. The molecule has 0 aliphatic rings. The predicted molar refractivity (Wildman–Crippen MR) is 67.0 cm³/mol. The van der Waals surface area contributed by atoms with E-state index in [4.69, 9.17) is 5.73 Å². The standard InChI is InChI=1S/C12H24N4/c1-12(2,10-13)5-6-15(3)8-11-7-14-16(4)9-11/h7,9H,5-6,8,10,13H2,1-4H3. The number of aryl methyl sites for hydroxylation is 1. The van der Waals surface area contributed by atoms with Crippen molar-refractivity contribution in [3.05, 3.63) is 18.0 Å². The van der Waals surface area contributed by atoms with Crippen LogP contribution in [0.5, 0.6) is 0 Å². The van der Waals surface area contributed by atoms with Gasteiger partial charge in [-0.1, -0.05) is 13.8 Å². The van der Waals surface area contributed by atoms with Crippen molar-refractivity contribution in [3.8, 4) is 0 Å². The molecule has 0 aromatic carbocycles. The van der Waals surface area contributed by atoms with E-state index in [2.05, 4.69) is 37.1 Å². The molecule has 2 N–H and O–H groups in total. The first-order chi connectivity index (χ1) is 7.43. The van der Waals surface area contributed by atoms with Crippen molar-refractivity contribution >= 4 is 0 Å². The molecule has 1 rings (SSSR count). The first-order valence-electron chi connectivity index (χ1n) is 5.79. The molecule has 0 aliphatic carbocycles. The van der Waals surface area contributed by atoms with Crippen molar-refractivity contribution in [3.63, 3.8) is 0 Å². The van der Waals surface area contributed by atoms with Crippen LogP contribution in [0.25, 0.3) is 0 Å². The van der Waals surface area contributed by atoms with E-state index in [1.165, 1.54) is 5.56 Å². The number of hydrogen-bond acceptors (Lipinski definition) is 3. The van der Waals surface area contributed by atoms with E-state index in [0.717, 1.165) is 26.1 Å². The number of nitrogens with two attached hydrogens (primary N) is 1. The molecule has 0 atom stereocenters. The van der Waals surface area contributed by atoms with Crippen LogP contribution in [0.3, 0.4) is 0 Å². The summed E-state index contributed by atoms with van der Waals surface area (Å²) in [5, 5.41) is 4.16. The Balaban J connectivity index is 2.34. The average molecular weight is 224 g/mol.